The van der Waals surface area contributed by atoms with E-state index in [0.717, 1.165) is 18.7 Å². The number of nitriles is 1. The first-order chi connectivity index (χ1) is 11.1. The van der Waals surface area contributed by atoms with Gasteiger partial charge in [0, 0.05) is 30.4 Å². The molecule has 1 N–H and O–H groups in total. The molecule has 0 saturated heterocycles. The maximum atomic E-state index is 12.4. The number of rotatable bonds is 9. The average Bonchev–Trinajstić information content (AvgIpc) is 2.56. The zero-order valence-corrected chi connectivity index (χ0v) is 13.4. The summed E-state index contributed by atoms with van der Waals surface area (Å²) in [6.45, 7) is 3.06. The minimum Gasteiger partial charge on any atom is -0.496 e. The summed E-state index contributed by atoms with van der Waals surface area (Å²) in [6, 6.07) is 6.93. The molecule has 124 valence electrons. The number of carboxylic acid groups (broad SMARTS) is 1. The Morgan fingerprint density at radius 1 is 1.48 bits per heavy atom. The molecule has 0 atom stereocenters. The van der Waals surface area contributed by atoms with E-state index in [0.29, 0.717) is 24.3 Å². The van der Waals surface area contributed by atoms with Crippen LogP contribution in [0.4, 0.5) is 10.1 Å². The van der Waals surface area contributed by atoms with E-state index < -0.39 is 5.97 Å². The van der Waals surface area contributed by atoms with Gasteiger partial charge in [-0.3, -0.25) is 4.39 Å². The van der Waals surface area contributed by atoms with Gasteiger partial charge in [0.1, 0.15) is 17.4 Å². The summed E-state index contributed by atoms with van der Waals surface area (Å²) in [5, 5.41) is 17.8. The largest absolute Gasteiger partial charge is 0.496 e. The van der Waals surface area contributed by atoms with Gasteiger partial charge in [-0.05, 0) is 31.1 Å². The minimum atomic E-state index is -1.28. The predicted octanol–water partition coefficient (Wildman–Crippen LogP) is 3.26. The summed E-state index contributed by atoms with van der Waals surface area (Å²) in [5.74, 6) is -0.813. The van der Waals surface area contributed by atoms with Gasteiger partial charge in [0.2, 0.25) is 0 Å². The van der Waals surface area contributed by atoms with E-state index in [1.165, 1.54) is 13.2 Å². The molecule has 6 heteroatoms. The number of alkyl halides is 1. The topological polar surface area (TPSA) is 73.6 Å². The summed E-state index contributed by atoms with van der Waals surface area (Å²) in [6.07, 6.45) is 2.64. The summed E-state index contributed by atoms with van der Waals surface area (Å²) < 4.78 is 17.7. The van der Waals surface area contributed by atoms with Gasteiger partial charge < -0.3 is 14.7 Å². The molecule has 0 aromatic heterocycles. The molecule has 23 heavy (non-hydrogen) atoms. The fourth-order valence-electron chi connectivity index (χ4n) is 2.20. The van der Waals surface area contributed by atoms with E-state index in [1.54, 1.807) is 18.2 Å². The van der Waals surface area contributed by atoms with Crippen molar-refractivity contribution in [1.29, 1.82) is 5.26 Å². The molecule has 1 rings (SSSR count). The Morgan fingerprint density at radius 2 is 2.22 bits per heavy atom. The van der Waals surface area contributed by atoms with E-state index in [1.807, 2.05) is 13.0 Å². The van der Waals surface area contributed by atoms with Crippen LogP contribution in [0.5, 0.6) is 5.75 Å². The van der Waals surface area contributed by atoms with Crippen molar-refractivity contribution < 1.29 is 19.0 Å². The van der Waals surface area contributed by atoms with Gasteiger partial charge in [-0.25, -0.2) is 4.79 Å². The van der Waals surface area contributed by atoms with Crippen LogP contribution in [-0.4, -0.2) is 37.9 Å². The second-order valence-electron chi connectivity index (χ2n) is 4.93. The Morgan fingerprint density at radius 3 is 2.74 bits per heavy atom. The number of ether oxygens (including phenoxy) is 1. The van der Waals surface area contributed by atoms with Crippen molar-refractivity contribution in [3.63, 3.8) is 0 Å². The fraction of sp³-hybridized carbons (Fsp3) is 0.412. The lowest BCUT2D eigenvalue weighted by Crippen LogP contribution is -2.25. The van der Waals surface area contributed by atoms with Crippen LogP contribution in [0.2, 0.25) is 0 Å². The molecule has 1 aromatic rings. The second-order valence-corrected chi connectivity index (χ2v) is 4.93. The van der Waals surface area contributed by atoms with E-state index >= 15 is 0 Å². The van der Waals surface area contributed by atoms with Gasteiger partial charge in [-0.2, -0.15) is 5.26 Å². The van der Waals surface area contributed by atoms with Crippen molar-refractivity contribution in [3.05, 3.63) is 29.3 Å². The fourth-order valence-corrected chi connectivity index (χ4v) is 2.20. The van der Waals surface area contributed by atoms with Crippen LogP contribution in [0.3, 0.4) is 0 Å². The highest BCUT2D eigenvalue weighted by Crippen LogP contribution is 2.28. The lowest BCUT2D eigenvalue weighted by Gasteiger charge is -2.24. The van der Waals surface area contributed by atoms with Gasteiger partial charge >= 0.3 is 5.97 Å². The number of carbonyl (C=O) groups is 1. The average molecular weight is 319 g/mol. The number of aliphatic carboxylic acids is 1. The van der Waals surface area contributed by atoms with E-state index in [-0.39, 0.29) is 12.2 Å². The monoisotopic (exact) mass is 319 g/mol. The third-order valence-electron chi connectivity index (χ3n) is 3.29. The second kappa shape index (κ2) is 9.46. The molecule has 0 radical (unpaired) electrons. The van der Waals surface area contributed by atoms with Crippen molar-refractivity contribution in [2.24, 2.45) is 0 Å². The molecule has 0 aliphatic carbocycles. The highest BCUT2D eigenvalue weighted by molar-refractivity contribution is 5.97. The standard InChI is InChI=1S/C17H21FN2O3/c1-3-8-20(9-4-7-18)15-6-5-13(16(11-15)23-2)10-14(12-19)17(21)22/h5-6,10-11H,3-4,7-9H2,1-2H3,(H,21,22)/b14-10+/i18-1. The lowest BCUT2D eigenvalue weighted by molar-refractivity contribution is -0.132. The Bertz CT molecular complexity index is 608. The smallest absolute Gasteiger partial charge is 0.346 e. The first-order valence-corrected chi connectivity index (χ1v) is 7.41. The van der Waals surface area contributed by atoms with E-state index in [9.17, 15) is 9.18 Å². The molecule has 0 aliphatic heterocycles. The highest BCUT2D eigenvalue weighted by atomic mass is 18.2. The quantitative estimate of drug-likeness (QED) is 0.558. The number of hydrogen-bond acceptors (Lipinski definition) is 4. The number of anilines is 1. The molecule has 0 fully saturated rings. The Kier molecular flexibility index (Phi) is 7.61. The SMILES string of the molecule is CCCN(CCC[18F])c1ccc(/C=C(\C#N)C(=O)O)c(OC)c1. The van der Waals surface area contributed by atoms with Crippen LogP contribution in [0.15, 0.2) is 23.8 Å². The van der Waals surface area contributed by atoms with Crippen molar-refractivity contribution in [2.45, 2.75) is 19.8 Å². The van der Waals surface area contributed by atoms with E-state index in [2.05, 4.69) is 4.90 Å². The van der Waals surface area contributed by atoms with Gasteiger partial charge in [0.25, 0.3) is 0 Å². The lowest BCUT2D eigenvalue weighted by atomic mass is 10.1. The number of hydrogen-bond donors (Lipinski definition) is 1. The molecule has 0 aliphatic rings. The number of methoxy groups -OCH3 is 1. The van der Waals surface area contributed by atoms with Gasteiger partial charge in [-0.1, -0.05) is 6.92 Å². The molecule has 0 spiro atoms. The first kappa shape index (κ1) is 18.5. The normalized spacial score (nSPS) is 11.0. The number of carboxylic acids is 1. The van der Waals surface area contributed by atoms with Crippen LogP contribution >= 0.6 is 0 Å². The number of halogens is 1. The molecule has 0 saturated carbocycles. The van der Waals surface area contributed by atoms with Crippen LogP contribution in [0.25, 0.3) is 6.08 Å². The maximum absolute atomic E-state index is 12.4. The summed E-state index contributed by atoms with van der Waals surface area (Å²) in [4.78, 5) is 13.0. The predicted molar refractivity (Wildman–Crippen MR) is 87.3 cm³/mol. The Labute approximate surface area is 135 Å². The zero-order chi connectivity index (χ0) is 17.2. The molecule has 0 unspecified atom stereocenters. The summed E-state index contributed by atoms with van der Waals surface area (Å²) in [7, 11) is 1.48. The third kappa shape index (κ3) is 5.29. The van der Waals surface area contributed by atoms with Gasteiger partial charge in [0.15, 0.2) is 0 Å². The Hall–Kier alpha value is -2.55. The molecule has 1 aromatic carbocycles. The maximum Gasteiger partial charge on any atom is 0.346 e. The highest BCUT2D eigenvalue weighted by Gasteiger charge is 2.12. The minimum absolute atomic E-state index is 0.362. The summed E-state index contributed by atoms with van der Waals surface area (Å²) >= 11 is 0. The van der Waals surface area contributed by atoms with Crippen molar-refractivity contribution >= 4 is 17.7 Å². The first-order valence-electron chi connectivity index (χ1n) is 7.41. The number of nitrogens with zero attached hydrogens (tertiary/aromatic N) is 2. The van der Waals surface area contributed by atoms with E-state index in [4.69, 9.17) is 15.1 Å². The van der Waals surface area contributed by atoms with Crippen molar-refractivity contribution in [1.82, 2.24) is 0 Å². The van der Waals surface area contributed by atoms with Crippen LogP contribution in [-0.2, 0) is 4.79 Å². The molecular weight excluding hydrogens is 298 g/mol. The van der Waals surface area contributed by atoms with Crippen molar-refractivity contribution in [2.75, 3.05) is 31.8 Å². The Balaban J connectivity index is 3.16. The van der Waals surface area contributed by atoms with Crippen molar-refractivity contribution in [3.8, 4) is 11.8 Å². The van der Waals surface area contributed by atoms with Crippen LogP contribution in [0, 0.1) is 11.3 Å². The molecule has 0 amide bonds. The van der Waals surface area contributed by atoms with Gasteiger partial charge in [-0.15, -0.1) is 0 Å². The van der Waals surface area contributed by atoms with Crippen LogP contribution in [0.1, 0.15) is 25.3 Å². The molecule has 0 bridgehead atoms. The third-order valence-corrected chi connectivity index (χ3v) is 3.29. The molecular formula is C17H21FN2O3. The summed E-state index contributed by atoms with van der Waals surface area (Å²) in [5.41, 5.74) is 1.03. The molecule has 5 nitrogen and oxygen atoms in total. The molecule has 0 heterocycles. The zero-order valence-electron chi connectivity index (χ0n) is 13.4. The number of benzene rings is 1. The van der Waals surface area contributed by atoms with Crippen LogP contribution < -0.4 is 9.64 Å². The van der Waals surface area contributed by atoms with Gasteiger partial charge in [0.05, 0.1) is 13.8 Å².